The molecule has 2 aromatic rings. The van der Waals surface area contributed by atoms with E-state index in [9.17, 15) is 0 Å². The van der Waals surface area contributed by atoms with Crippen molar-refractivity contribution < 1.29 is 9.47 Å². The maximum absolute atomic E-state index is 6.71. The van der Waals surface area contributed by atoms with E-state index in [1.807, 2.05) is 6.07 Å². The Bertz CT molecular complexity index is 859. The van der Waals surface area contributed by atoms with Crippen molar-refractivity contribution in [2.24, 2.45) is 0 Å². The van der Waals surface area contributed by atoms with Crippen molar-refractivity contribution in [3.63, 3.8) is 0 Å². The highest BCUT2D eigenvalue weighted by atomic mass is 16.5. The van der Waals surface area contributed by atoms with Crippen molar-refractivity contribution in [1.82, 2.24) is 10.2 Å². The number of piperazine rings is 1. The summed E-state index contributed by atoms with van der Waals surface area (Å²) in [5.74, 6) is 2.12. The van der Waals surface area contributed by atoms with Crippen LogP contribution in [0.5, 0.6) is 11.5 Å². The van der Waals surface area contributed by atoms with E-state index in [-0.39, 0.29) is 5.60 Å². The predicted molar refractivity (Wildman–Crippen MR) is 118 cm³/mol. The molecule has 0 aliphatic carbocycles. The normalized spacial score (nSPS) is 22.1. The molecule has 1 atom stereocenters. The van der Waals surface area contributed by atoms with Gasteiger partial charge in [0.25, 0.3) is 0 Å². The third kappa shape index (κ3) is 4.29. The van der Waals surface area contributed by atoms with Crippen LogP contribution >= 0.6 is 0 Å². The van der Waals surface area contributed by atoms with Crippen molar-refractivity contribution in [2.45, 2.75) is 52.7 Å². The van der Waals surface area contributed by atoms with Crippen LogP contribution in [0.4, 0.5) is 0 Å². The molecule has 156 valence electrons. The van der Waals surface area contributed by atoms with Gasteiger partial charge in [-0.05, 0) is 62.8 Å². The summed E-state index contributed by atoms with van der Waals surface area (Å²) in [4.78, 5) is 2.54. The number of ether oxygens (including phenoxy) is 2. The average Bonchev–Trinajstić information content (AvgIpc) is 2.73. The molecule has 1 N–H and O–H groups in total. The van der Waals surface area contributed by atoms with E-state index in [2.05, 4.69) is 62.2 Å². The topological polar surface area (TPSA) is 33.7 Å². The average molecular weight is 395 g/mol. The fraction of sp³-hybridized carbons (Fsp3) is 0.520. The van der Waals surface area contributed by atoms with Crippen LogP contribution in [-0.4, -0.2) is 43.2 Å². The number of benzene rings is 2. The second-order valence-corrected chi connectivity index (χ2v) is 8.86. The van der Waals surface area contributed by atoms with Crippen LogP contribution in [-0.2, 0) is 13.0 Å². The van der Waals surface area contributed by atoms with Crippen LogP contribution < -0.4 is 14.8 Å². The molecule has 0 spiro atoms. The summed E-state index contributed by atoms with van der Waals surface area (Å²) >= 11 is 0. The van der Waals surface area contributed by atoms with E-state index in [0.717, 1.165) is 57.1 Å². The highest BCUT2D eigenvalue weighted by Crippen LogP contribution is 2.44. The molecular formula is C25H34N2O2. The minimum Gasteiger partial charge on any atom is -0.488 e. The molecule has 1 saturated heterocycles. The summed E-state index contributed by atoms with van der Waals surface area (Å²) in [5.41, 5.74) is 6.06. The summed E-state index contributed by atoms with van der Waals surface area (Å²) < 4.78 is 13.0. The minimum atomic E-state index is -0.125. The first-order valence-electron chi connectivity index (χ1n) is 10.9. The fourth-order valence-electron chi connectivity index (χ4n) is 4.68. The van der Waals surface area contributed by atoms with Crippen molar-refractivity contribution in [3.05, 3.63) is 58.1 Å². The van der Waals surface area contributed by atoms with Gasteiger partial charge in [-0.15, -0.1) is 0 Å². The Morgan fingerprint density at radius 2 is 1.76 bits per heavy atom. The van der Waals surface area contributed by atoms with E-state index in [1.54, 1.807) is 0 Å². The van der Waals surface area contributed by atoms with Crippen molar-refractivity contribution in [1.29, 1.82) is 0 Å². The highest BCUT2D eigenvalue weighted by Gasteiger charge is 2.36. The van der Waals surface area contributed by atoms with Crippen molar-refractivity contribution in [2.75, 3.05) is 32.7 Å². The van der Waals surface area contributed by atoms with Gasteiger partial charge in [0.1, 0.15) is 23.7 Å². The van der Waals surface area contributed by atoms with E-state index in [4.69, 9.17) is 9.47 Å². The molecule has 0 amide bonds. The monoisotopic (exact) mass is 394 g/mol. The van der Waals surface area contributed by atoms with Gasteiger partial charge in [-0.2, -0.15) is 0 Å². The highest BCUT2D eigenvalue weighted by molar-refractivity contribution is 5.59. The number of hydrogen-bond acceptors (Lipinski definition) is 4. The summed E-state index contributed by atoms with van der Waals surface area (Å²) in [6.45, 7) is 14.8. The van der Waals surface area contributed by atoms with Crippen LogP contribution in [0.2, 0.25) is 0 Å². The van der Waals surface area contributed by atoms with E-state index >= 15 is 0 Å². The van der Waals surface area contributed by atoms with Gasteiger partial charge in [0.05, 0.1) is 0 Å². The Kier molecular flexibility index (Phi) is 5.84. The first kappa shape index (κ1) is 20.2. The molecule has 1 fully saturated rings. The van der Waals surface area contributed by atoms with Gasteiger partial charge in [-0.25, -0.2) is 0 Å². The zero-order valence-corrected chi connectivity index (χ0v) is 18.3. The standard InChI is InChI=1S/C25H34N2O2/c1-18-19(2)24-22(20(3)23(18)28-16-21-8-6-5-7-9-21)10-11-25(4,29-24)17-27-14-12-26-13-15-27/h5-9,26H,10-17H2,1-4H3/t25-/m0/s1. The number of hydrogen-bond donors (Lipinski definition) is 1. The molecule has 2 aliphatic rings. The molecule has 0 radical (unpaired) electrons. The van der Waals surface area contributed by atoms with E-state index < -0.39 is 0 Å². The minimum absolute atomic E-state index is 0.125. The molecule has 0 saturated carbocycles. The first-order valence-corrected chi connectivity index (χ1v) is 10.9. The van der Waals surface area contributed by atoms with Gasteiger partial charge >= 0.3 is 0 Å². The predicted octanol–water partition coefficient (Wildman–Crippen LogP) is 4.18. The van der Waals surface area contributed by atoms with Gasteiger partial charge in [-0.3, -0.25) is 4.90 Å². The Hall–Kier alpha value is -2.04. The smallest absolute Gasteiger partial charge is 0.127 e. The van der Waals surface area contributed by atoms with Gasteiger partial charge in [-0.1, -0.05) is 30.3 Å². The summed E-state index contributed by atoms with van der Waals surface area (Å²) in [6.07, 6.45) is 2.10. The molecule has 4 nitrogen and oxygen atoms in total. The molecule has 0 aromatic heterocycles. The van der Waals surface area contributed by atoms with Crippen LogP contribution in [0.1, 0.15) is 41.2 Å². The Morgan fingerprint density at radius 3 is 2.48 bits per heavy atom. The van der Waals surface area contributed by atoms with Crippen molar-refractivity contribution in [3.8, 4) is 11.5 Å². The number of fused-ring (bicyclic) bond motifs is 1. The molecule has 0 unspecified atom stereocenters. The summed E-state index contributed by atoms with van der Waals surface area (Å²) in [6, 6.07) is 10.4. The molecule has 2 heterocycles. The fourth-order valence-corrected chi connectivity index (χ4v) is 4.68. The zero-order valence-electron chi connectivity index (χ0n) is 18.3. The van der Waals surface area contributed by atoms with Crippen LogP contribution in [0.3, 0.4) is 0 Å². The van der Waals surface area contributed by atoms with E-state index in [0.29, 0.717) is 6.61 Å². The molecule has 0 bridgehead atoms. The van der Waals surface area contributed by atoms with Crippen LogP contribution in [0.15, 0.2) is 30.3 Å². The third-order valence-corrected chi connectivity index (χ3v) is 6.56. The number of nitrogens with one attached hydrogen (secondary N) is 1. The lowest BCUT2D eigenvalue weighted by Crippen LogP contribution is -2.52. The van der Waals surface area contributed by atoms with E-state index in [1.165, 1.54) is 27.8 Å². The second kappa shape index (κ2) is 8.37. The van der Waals surface area contributed by atoms with Crippen LogP contribution in [0, 0.1) is 20.8 Å². The molecule has 2 aromatic carbocycles. The zero-order chi connectivity index (χ0) is 20.4. The Balaban J connectivity index is 1.55. The van der Waals surface area contributed by atoms with Gasteiger partial charge < -0.3 is 14.8 Å². The summed E-state index contributed by atoms with van der Waals surface area (Å²) in [7, 11) is 0. The lowest BCUT2D eigenvalue weighted by Gasteiger charge is -2.42. The van der Waals surface area contributed by atoms with Crippen molar-refractivity contribution >= 4 is 0 Å². The molecular weight excluding hydrogens is 360 g/mol. The number of nitrogens with zero attached hydrogens (tertiary/aromatic N) is 1. The lowest BCUT2D eigenvalue weighted by atomic mass is 9.86. The quantitative estimate of drug-likeness (QED) is 0.825. The SMILES string of the molecule is Cc1c(C)c2c(c(C)c1OCc1ccccc1)CC[C@@](C)(CN1CCNCC1)O2. The molecule has 29 heavy (non-hydrogen) atoms. The Labute approximate surface area is 175 Å². The molecule has 4 rings (SSSR count). The Morgan fingerprint density at radius 1 is 1.03 bits per heavy atom. The van der Waals surface area contributed by atoms with Gasteiger partial charge in [0.2, 0.25) is 0 Å². The van der Waals surface area contributed by atoms with Crippen LogP contribution in [0.25, 0.3) is 0 Å². The van der Waals surface area contributed by atoms with Gasteiger partial charge in [0, 0.05) is 38.3 Å². The first-order chi connectivity index (χ1) is 14.0. The third-order valence-electron chi connectivity index (χ3n) is 6.56. The largest absolute Gasteiger partial charge is 0.488 e. The number of rotatable bonds is 5. The second-order valence-electron chi connectivity index (χ2n) is 8.86. The lowest BCUT2D eigenvalue weighted by molar-refractivity contribution is 0.0209. The maximum Gasteiger partial charge on any atom is 0.127 e. The molecule has 4 heteroatoms. The van der Waals surface area contributed by atoms with Gasteiger partial charge in [0.15, 0.2) is 0 Å². The summed E-state index contributed by atoms with van der Waals surface area (Å²) in [5, 5.41) is 3.44. The maximum atomic E-state index is 6.71. The molecule has 2 aliphatic heterocycles.